The highest BCUT2D eigenvalue weighted by Crippen LogP contribution is 2.13. The summed E-state index contributed by atoms with van der Waals surface area (Å²) in [6.45, 7) is 6.35. The second kappa shape index (κ2) is 8.87. The average molecular weight is 300 g/mol. The highest BCUT2D eigenvalue weighted by molar-refractivity contribution is 5.74. The Bertz CT molecular complexity index is 349. The molecule has 6 nitrogen and oxygen atoms in total. The Balaban J connectivity index is 2.16. The molecular formula is C15H28N2O4. The zero-order valence-corrected chi connectivity index (χ0v) is 13.2. The quantitative estimate of drug-likeness (QED) is 0.672. The molecule has 0 aliphatic carbocycles. The second-order valence-corrected chi connectivity index (χ2v) is 6.09. The van der Waals surface area contributed by atoms with Crippen molar-refractivity contribution < 1.29 is 19.4 Å². The van der Waals surface area contributed by atoms with Gasteiger partial charge in [-0.15, -0.1) is 0 Å². The van der Waals surface area contributed by atoms with Crippen LogP contribution in [0.2, 0.25) is 0 Å². The molecule has 2 amide bonds. The number of amides is 2. The number of nitrogens with one attached hydrogen (secondary N) is 2. The third kappa shape index (κ3) is 7.32. The molecule has 4 unspecified atom stereocenters. The third-order valence-electron chi connectivity index (χ3n) is 3.89. The Morgan fingerprint density at radius 2 is 2.05 bits per heavy atom. The minimum atomic E-state index is -0.762. The molecule has 122 valence electrons. The lowest BCUT2D eigenvalue weighted by Crippen LogP contribution is -2.48. The van der Waals surface area contributed by atoms with Gasteiger partial charge in [0.2, 0.25) is 0 Å². The molecule has 4 atom stereocenters. The number of hydrogen-bond acceptors (Lipinski definition) is 3. The number of carboxylic acid groups (broad SMARTS) is 1. The summed E-state index contributed by atoms with van der Waals surface area (Å²) < 4.78 is 5.45. The fourth-order valence-corrected chi connectivity index (χ4v) is 2.51. The Labute approximate surface area is 126 Å². The van der Waals surface area contributed by atoms with Crippen molar-refractivity contribution in [2.45, 2.75) is 71.1 Å². The van der Waals surface area contributed by atoms with Gasteiger partial charge in [-0.1, -0.05) is 13.3 Å². The van der Waals surface area contributed by atoms with Gasteiger partial charge in [-0.2, -0.15) is 0 Å². The van der Waals surface area contributed by atoms with Gasteiger partial charge in [0.1, 0.15) is 0 Å². The molecule has 1 heterocycles. The fourth-order valence-electron chi connectivity index (χ4n) is 2.51. The van der Waals surface area contributed by atoms with Crippen molar-refractivity contribution in [3.05, 3.63) is 0 Å². The molecule has 6 heteroatoms. The molecule has 3 N–H and O–H groups in total. The molecule has 1 saturated heterocycles. The largest absolute Gasteiger partial charge is 0.481 e. The molecule has 1 rings (SSSR count). The van der Waals surface area contributed by atoms with Gasteiger partial charge in [-0.3, -0.25) is 4.79 Å². The molecule has 0 aromatic carbocycles. The molecule has 1 aliphatic rings. The fraction of sp³-hybridized carbons (Fsp3) is 0.867. The lowest BCUT2D eigenvalue weighted by atomic mass is 10.0. The number of carbonyl (C=O) groups is 2. The van der Waals surface area contributed by atoms with E-state index in [4.69, 9.17) is 9.84 Å². The van der Waals surface area contributed by atoms with Crippen LogP contribution in [0, 0.1) is 5.92 Å². The van der Waals surface area contributed by atoms with Crippen molar-refractivity contribution in [3.8, 4) is 0 Å². The summed E-state index contributed by atoms with van der Waals surface area (Å²) in [6, 6.07) is 0.0733. The predicted octanol–water partition coefficient (Wildman–Crippen LogP) is 2.13. The van der Waals surface area contributed by atoms with Gasteiger partial charge >= 0.3 is 12.0 Å². The Kier molecular flexibility index (Phi) is 7.50. The van der Waals surface area contributed by atoms with E-state index < -0.39 is 5.97 Å². The number of aliphatic carboxylic acids is 1. The van der Waals surface area contributed by atoms with Crippen LogP contribution in [0.3, 0.4) is 0 Å². The molecule has 0 radical (unpaired) electrons. The van der Waals surface area contributed by atoms with Crippen molar-refractivity contribution in [1.82, 2.24) is 10.6 Å². The van der Waals surface area contributed by atoms with Gasteiger partial charge in [0.05, 0.1) is 12.0 Å². The molecule has 21 heavy (non-hydrogen) atoms. The zero-order valence-electron chi connectivity index (χ0n) is 13.2. The maximum Gasteiger partial charge on any atom is 0.315 e. The lowest BCUT2D eigenvalue weighted by Gasteiger charge is -2.28. The molecule has 0 saturated carbocycles. The van der Waals surface area contributed by atoms with Crippen LogP contribution in [-0.2, 0) is 9.53 Å². The van der Waals surface area contributed by atoms with E-state index in [9.17, 15) is 9.59 Å². The molecule has 1 fully saturated rings. The summed E-state index contributed by atoms with van der Waals surface area (Å²) in [7, 11) is 0. The number of rotatable bonds is 7. The molecular weight excluding hydrogens is 272 g/mol. The third-order valence-corrected chi connectivity index (χ3v) is 3.89. The van der Waals surface area contributed by atoms with Crippen LogP contribution in [0.1, 0.15) is 52.9 Å². The minimum Gasteiger partial charge on any atom is -0.481 e. The molecule has 0 bridgehead atoms. The maximum absolute atomic E-state index is 11.9. The standard InChI is InChI=1S/C15H28N2O4/c1-10(14(18)19)5-4-6-11(2)16-15(20)17-13-7-8-21-12(3)9-13/h10-13H,4-9H2,1-3H3,(H,18,19)(H2,16,17,20). The topological polar surface area (TPSA) is 87.7 Å². The summed E-state index contributed by atoms with van der Waals surface area (Å²) in [5.74, 6) is -1.09. The van der Waals surface area contributed by atoms with E-state index in [1.165, 1.54) is 0 Å². The van der Waals surface area contributed by atoms with Gasteiger partial charge in [-0.25, -0.2) is 4.79 Å². The Morgan fingerprint density at radius 1 is 1.33 bits per heavy atom. The van der Waals surface area contributed by atoms with Crippen LogP contribution >= 0.6 is 0 Å². The van der Waals surface area contributed by atoms with E-state index in [1.807, 2.05) is 13.8 Å². The highest BCUT2D eigenvalue weighted by atomic mass is 16.5. The van der Waals surface area contributed by atoms with Gasteiger partial charge in [0.15, 0.2) is 0 Å². The van der Waals surface area contributed by atoms with Crippen molar-refractivity contribution >= 4 is 12.0 Å². The smallest absolute Gasteiger partial charge is 0.315 e. The molecule has 0 aromatic heterocycles. The van der Waals surface area contributed by atoms with Gasteiger partial charge in [-0.05, 0) is 39.5 Å². The van der Waals surface area contributed by atoms with Gasteiger partial charge < -0.3 is 20.5 Å². The molecule has 0 spiro atoms. The normalized spacial score (nSPS) is 24.9. The summed E-state index contributed by atoms with van der Waals surface area (Å²) in [5, 5.41) is 14.7. The Hall–Kier alpha value is -1.30. The number of carboxylic acids is 1. The molecule has 1 aliphatic heterocycles. The van der Waals surface area contributed by atoms with Crippen LogP contribution in [-0.4, -0.2) is 41.9 Å². The summed E-state index contributed by atoms with van der Waals surface area (Å²) in [6.07, 6.45) is 4.11. The van der Waals surface area contributed by atoms with E-state index in [2.05, 4.69) is 10.6 Å². The first-order chi connectivity index (χ1) is 9.88. The van der Waals surface area contributed by atoms with Crippen molar-refractivity contribution in [3.63, 3.8) is 0 Å². The lowest BCUT2D eigenvalue weighted by molar-refractivity contribution is -0.141. The molecule has 0 aromatic rings. The van der Waals surface area contributed by atoms with E-state index >= 15 is 0 Å². The first kappa shape index (κ1) is 17.8. The minimum absolute atomic E-state index is 0.0447. The van der Waals surface area contributed by atoms with Gasteiger partial charge in [0, 0.05) is 18.7 Å². The van der Waals surface area contributed by atoms with Crippen LogP contribution in [0.15, 0.2) is 0 Å². The van der Waals surface area contributed by atoms with Crippen molar-refractivity contribution in [1.29, 1.82) is 0 Å². The van der Waals surface area contributed by atoms with E-state index in [1.54, 1.807) is 6.92 Å². The second-order valence-electron chi connectivity index (χ2n) is 6.09. The number of carbonyl (C=O) groups excluding carboxylic acids is 1. The Morgan fingerprint density at radius 3 is 2.67 bits per heavy atom. The van der Waals surface area contributed by atoms with E-state index in [0.29, 0.717) is 13.0 Å². The zero-order chi connectivity index (χ0) is 15.8. The average Bonchev–Trinajstić information content (AvgIpc) is 2.37. The first-order valence-electron chi connectivity index (χ1n) is 7.80. The van der Waals surface area contributed by atoms with Crippen molar-refractivity contribution in [2.24, 2.45) is 5.92 Å². The van der Waals surface area contributed by atoms with Crippen molar-refractivity contribution in [2.75, 3.05) is 6.61 Å². The predicted molar refractivity (Wildman–Crippen MR) is 80.2 cm³/mol. The number of urea groups is 1. The van der Waals surface area contributed by atoms with Crippen LogP contribution < -0.4 is 10.6 Å². The maximum atomic E-state index is 11.9. The monoisotopic (exact) mass is 300 g/mol. The first-order valence-corrected chi connectivity index (χ1v) is 7.80. The van der Waals surface area contributed by atoms with E-state index in [0.717, 1.165) is 25.7 Å². The number of ether oxygens (including phenoxy) is 1. The summed E-state index contributed by atoms with van der Waals surface area (Å²) in [4.78, 5) is 22.6. The summed E-state index contributed by atoms with van der Waals surface area (Å²) in [5.41, 5.74) is 0. The van der Waals surface area contributed by atoms with Crippen LogP contribution in [0.4, 0.5) is 4.79 Å². The van der Waals surface area contributed by atoms with Crippen LogP contribution in [0.25, 0.3) is 0 Å². The SMILES string of the molecule is CC(CCCC(C)C(=O)O)NC(=O)NC1CCOC(C)C1. The highest BCUT2D eigenvalue weighted by Gasteiger charge is 2.21. The van der Waals surface area contributed by atoms with Gasteiger partial charge in [0.25, 0.3) is 0 Å². The van der Waals surface area contributed by atoms with E-state index in [-0.39, 0.29) is 30.1 Å². The number of hydrogen-bond donors (Lipinski definition) is 3. The summed E-state index contributed by atoms with van der Waals surface area (Å²) >= 11 is 0. The van der Waals surface area contributed by atoms with Crippen LogP contribution in [0.5, 0.6) is 0 Å².